The van der Waals surface area contributed by atoms with E-state index in [1.54, 1.807) is 0 Å². The molecule has 2 N–H and O–H groups in total. The maximum atomic E-state index is 5.57. The fourth-order valence-electron chi connectivity index (χ4n) is 1.08. The summed E-state index contributed by atoms with van der Waals surface area (Å²) in [5.74, 6) is 0. The lowest BCUT2D eigenvalue weighted by Crippen LogP contribution is -2.35. The summed E-state index contributed by atoms with van der Waals surface area (Å²) >= 11 is 0. The Kier molecular flexibility index (Phi) is 3.11. The number of hydrogen-bond donors (Lipinski definition) is 1. The van der Waals surface area contributed by atoms with Crippen LogP contribution in [0.5, 0.6) is 0 Å². The molecule has 0 fully saturated rings. The molecule has 1 aromatic carbocycles. The molecule has 1 rings (SSSR count). The highest BCUT2D eigenvalue weighted by molar-refractivity contribution is 5.45. The van der Waals surface area contributed by atoms with E-state index in [1.807, 2.05) is 18.2 Å². The van der Waals surface area contributed by atoms with E-state index >= 15 is 0 Å². The molecule has 66 valence electrons. The predicted molar refractivity (Wildman–Crippen MR) is 53.4 cm³/mol. The molecule has 0 aliphatic carbocycles. The number of likely N-dealkylation sites (N-methyl/N-ethyl adjacent to an activating group) is 1. The minimum atomic E-state index is 0.396. The molecule has 1 aromatic rings. The van der Waals surface area contributed by atoms with Crippen LogP contribution >= 0.6 is 0 Å². The number of para-hydroxylation sites is 1. The third kappa shape index (κ3) is 1.98. The van der Waals surface area contributed by atoms with E-state index in [1.165, 1.54) is 5.69 Å². The second-order valence-electron chi connectivity index (χ2n) is 3.03. The van der Waals surface area contributed by atoms with Crippen LogP contribution in [-0.2, 0) is 0 Å². The Morgan fingerprint density at radius 3 is 2.42 bits per heavy atom. The van der Waals surface area contributed by atoms with Crippen molar-refractivity contribution in [2.45, 2.75) is 13.0 Å². The van der Waals surface area contributed by atoms with Crippen LogP contribution in [0.4, 0.5) is 5.69 Å². The van der Waals surface area contributed by atoms with Crippen molar-refractivity contribution < 1.29 is 0 Å². The predicted octanol–water partition coefficient (Wildman–Crippen LogP) is 1.47. The van der Waals surface area contributed by atoms with Gasteiger partial charge in [-0.1, -0.05) is 18.2 Å². The summed E-state index contributed by atoms with van der Waals surface area (Å²) in [5.41, 5.74) is 6.79. The second kappa shape index (κ2) is 4.12. The quantitative estimate of drug-likeness (QED) is 0.733. The Balaban J connectivity index is 2.71. The first kappa shape index (κ1) is 9.07. The van der Waals surface area contributed by atoms with E-state index < -0.39 is 0 Å². The Bertz CT molecular complexity index is 221. The molecular weight excluding hydrogens is 148 g/mol. The number of hydrogen-bond acceptors (Lipinski definition) is 2. The number of nitrogens with zero attached hydrogens (tertiary/aromatic N) is 1. The molecule has 0 spiro atoms. The Hall–Kier alpha value is -1.02. The van der Waals surface area contributed by atoms with Gasteiger partial charge in [-0.2, -0.15) is 0 Å². The molecule has 0 aromatic heterocycles. The van der Waals surface area contributed by atoms with Gasteiger partial charge in [0.2, 0.25) is 0 Å². The van der Waals surface area contributed by atoms with Gasteiger partial charge in [-0.3, -0.25) is 0 Å². The highest BCUT2D eigenvalue weighted by Crippen LogP contribution is 2.12. The van der Waals surface area contributed by atoms with E-state index in [0.29, 0.717) is 12.6 Å². The monoisotopic (exact) mass is 164 g/mol. The second-order valence-corrected chi connectivity index (χ2v) is 3.03. The molecule has 0 amide bonds. The van der Waals surface area contributed by atoms with E-state index in [2.05, 4.69) is 31.0 Å². The molecular formula is C10H16N2. The zero-order valence-corrected chi connectivity index (χ0v) is 7.70. The van der Waals surface area contributed by atoms with Crippen molar-refractivity contribution in [3.8, 4) is 0 Å². The van der Waals surface area contributed by atoms with Gasteiger partial charge < -0.3 is 10.6 Å². The van der Waals surface area contributed by atoms with E-state index in [9.17, 15) is 0 Å². The van der Waals surface area contributed by atoms with Crippen molar-refractivity contribution in [1.29, 1.82) is 0 Å². The van der Waals surface area contributed by atoms with Gasteiger partial charge in [-0.15, -0.1) is 0 Å². The van der Waals surface area contributed by atoms with E-state index in [-0.39, 0.29) is 0 Å². The van der Waals surface area contributed by atoms with Gasteiger partial charge in [-0.05, 0) is 19.1 Å². The van der Waals surface area contributed by atoms with Gasteiger partial charge in [0.1, 0.15) is 0 Å². The SMILES string of the molecule is CC(CN)N(C)c1ccccc1. The van der Waals surface area contributed by atoms with Crippen LogP contribution in [0, 0.1) is 0 Å². The maximum absolute atomic E-state index is 5.57. The lowest BCUT2D eigenvalue weighted by molar-refractivity contribution is 0.695. The van der Waals surface area contributed by atoms with Crippen LogP contribution in [0.2, 0.25) is 0 Å². The first-order valence-electron chi connectivity index (χ1n) is 4.23. The van der Waals surface area contributed by atoms with Crippen LogP contribution in [-0.4, -0.2) is 19.6 Å². The Morgan fingerprint density at radius 2 is 1.92 bits per heavy atom. The molecule has 2 heteroatoms. The third-order valence-electron chi connectivity index (χ3n) is 2.17. The van der Waals surface area contributed by atoms with Crippen molar-refractivity contribution in [2.75, 3.05) is 18.5 Å². The first-order chi connectivity index (χ1) is 5.75. The Labute approximate surface area is 74.0 Å². The van der Waals surface area contributed by atoms with Gasteiger partial charge in [0.15, 0.2) is 0 Å². The molecule has 0 bridgehead atoms. The van der Waals surface area contributed by atoms with Gasteiger partial charge in [0.05, 0.1) is 0 Å². The lowest BCUT2D eigenvalue weighted by atomic mass is 10.2. The molecule has 1 atom stereocenters. The van der Waals surface area contributed by atoms with Crippen molar-refractivity contribution in [1.82, 2.24) is 0 Å². The average molecular weight is 164 g/mol. The van der Waals surface area contributed by atoms with Crippen LogP contribution in [0.15, 0.2) is 30.3 Å². The molecule has 0 saturated heterocycles. The lowest BCUT2D eigenvalue weighted by Gasteiger charge is -2.25. The van der Waals surface area contributed by atoms with Gasteiger partial charge in [0, 0.05) is 25.3 Å². The zero-order chi connectivity index (χ0) is 8.97. The summed E-state index contributed by atoms with van der Waals surface area (Å²) in [7, 11) is 2.06. The zero-order valence-electron chi connectivity index (χ0n) is 7.70. The number of nitrogens with two attached hydrogens (primary N) is 1. The summed E-state index contributed by atoms with van der Waals surface area (Å²) in [6, 6.07) is 10.7. The van der Waals surface area contributed by atoms with E-state index in [0.717, 1.165) is 0 Å². The fraction of sp³-hybridized carbons (Fsp3) is 0.400. The van der Waals surface area contributed by atoms with Crippen LogP contribution in [0.3, 0.4) is 0 Å². The van der Waals surface area contributed by atoms with Crippen molar-refractivity contribution in [3.63, 3.8) is 0 Å². The average Bonchev–Trinajstić information content (AvgIpc) is 2.17. The molecule has 1 unspecified atom stereocenters. The molecule has 2 nitrogen and oxygen atoms in total. The fourth-order valence-corrected chi connectivity index (χ4v) is 1.08. The smallest absolute Gasteiger partial charge is 0.0380 e. The van der Waals surface area contributed by atoms with Crippen LogP contribution < -0.4 is 10.6 Å². The standard InChI is InChI=1S/C10H16N2/c1-9(8-11)12(2)10-6-4-3-5-7-10/h3-7,9H,8,11H2,1-2H3. The molecule has 0 aliphatic rings. The van der Waals surface area contributed by atoms with E-state index in [4.69, 9.17) is 5.73 Å². The Morgan fingerprint density at radius 1 is 1.33 bits per heavy atom. The first-order valence-corrected chi connectivity index (χ1v) is 4.23. The van der Waals surface area contributed by atoms with Crippen LogP contribution in [0.1, 0.15) is 6.92 Å². The molecule has 0 saturated carbocycles. The highest BCUT2D eigenvalue weighted by atomic mass is 15.1. The maximum Gasteiger partial charge on any atom is 0.0380 e. The summed E-state index contributed by atoms with van der Waals surface area (Å²) < 4.78 is 0. The number of rotatable bonds is 3. The molecule has 0 radical (unpaired) electrons. The number of anilines is 1. The van der Waals surface area contributed by atoms with Gasteiger partial charge in [-0.25, -0.2) is 0 Å². The number of benzene rings is 1. The topological polar surface area (TPSA) is 29.3 Å². The molecule has 0 aliphatic heterocycles. The van der Waals surface area contributed by atoms with Crippen molar-refractivity contribution >= 4 is 5.69 Å². The summed E-state index contributed by atoms with van der Waals surface area (Å²) in [6.07, 6.45) is 0. The van der Waals surface area contributed by atoms with Crippen LogP contribution in [0.25, 0.3) is 0 Å². The third-order valence-corrected chi connectivity index (χ3v) is 2.17. The van der Waals surface area contributed by atoms with Crippen molar-refractivity contribution in [2.24, 2.45) is 5.73 Å². The van der Waals surface area contributed by atoms with Gasteiger partial charge >= 0.3 is 0 Å². The molecule has 0 heterocycles. The minimum absolute atomic E-state index is 0.396. The largest absolute Gasteiger partial charge is 0.371 e. The van der Waals surface area contributed by atoms with Gasteiger partial charge in [0.25, 0.3) is 0 Å². The summed E-state index contributed by atoms with van der Waals surface area (Å²) in [5, 5.41) is 0. The molecule has 12 heavy (non-hydrogen) atoms. The summed E-state index contributed by atoms with van der Waals surface area (Å²) in [6.45, 7) is 2.80. The summed E-state index contributed by atoms with van der Waals surface area (Å²) in [4.78, 5) is 2.18. The highest BCUT2D eigenvalue weighted by Gasteiger charge is 2.05. The minimum Gasteiger partial charge on any atom is -0.371 e. The normalized spacial score (nSPS) is 12.6. The van der Waals surface area contributed by atoms with Crippen molar-refractivity contribution in [3.05, 3.63) is 30.3 Å².